The van der Waals surface area contributed by atoms with E-state index in [9.17, 15) is 4.79 Å². The molecule has 1 aromatic carbocycles. The van der Waals surface area contributed by atoms with Gasteiger partial charge < -0.3 is 4.23 Å². The fourth-order valence-corrected chi connectivity index (χ4v) is 14.5. The third-order valence-corrected chi connectivity index (χ3v) is 11.8. The third kappa shape index (κ3) is 5.35. The number of hydrogen-bond donors (Lipinski definition) is 1. The van der Waals surface area contributed by atoms with Gasteiger partial charge in [-0.3, -0.25) is 4.79 Å². The number of carbonyl (C=O) groups excluding carboxylic acids is 1. The van der Waals surface area contributed by atoms with Crippen molar-refractivity contribution in [2.75, 3.05) is 0 Å². The average Bonchev–Trinajstić information content (AvgIpc) is 2.36. The van der Waals surface area contributed by atoms with Crippen LogP contribution >= 0.6 is 12.6 Å². The summed E-state index contributed by atoms with van der Waals surface area (Å²) < 4.78 is 2.63. The summed E-state index contributed by atoms with van der Waals surface area (Å²) in [7, 11) is -3.30. The van der Waals surface area contributed by atoms with Crippen molar-refractivity contribution in [2.24, 2.45) is 0 Å². The van der Waals surface area contributed by atoms with Crippen LogP contribution in [0.4, 0.5) is 0 Å². The van der Waals surface area contributed by atoms with Crippen LogP contribution in [-0.4, -0.2) is 31.9 Å². The van der Waals surface area contributed by atoms with E-state index in [-0.39, 0.29) is 17.1 Å². The number of terminal acetylenes is 1. The minimum absolute atomic E-state index is 0.0192. The number of thiol groups is 1. The van der Waals surface area contributed by atoms with Crippen LogP contribution in [0.2, 0.25) is 39.3 Å². The molecule has 0 heterocycles. The van der Waals surface area contributed by atoms with Crippen molar-refractivity contribution < 1.29 is 4.79 Å². The van der Waals surface area contributed by atoms with E-state index in [2.05, 4.69) is 62.1 Å². The molecular formula is C18H29NOSSi2. The Bertz CT molecular complexity index is 555. The van der Waals surface area contributed by atoms with Gasteiger partial charge in [0.25, 0.3) is 0 Å². The molecule has 2 unspecified atom stereocenters. The van der Waals surface area contributed by atoms with Gasteiger partial charge in [0.15, 0.2) is 5.12 Å². The summed E-state index contributed by atoms with van der Waals surface area (Å²) in [5, 5.41) is -0.0991. The fourth-order valence-electron chi connectivity index (χ4n) is 3.67. The third-order valence-electron chi connectivity index (χ3n) is 3.91. The summed E-state index contributed by atoms with van der Waals surface area (Å²) in [6.45, 7) is 14.0. The molecule has 2 nitrogen and oxygen atoms in total. The second-order valence-corrected chi connectivity index (χ2v) is 18.4. The molecule has 0 saturated heterocycles. The molecule has 0 bridgehead atoms. The van der Waals surface area contributed by atoms with Crippen molar-refractivity contribution in [3.05, 3.63) is 35.9 Å². The van der Waals surface area contributed by atoms with E-state index in [0.29, 0.717) is 6.42 Å². The Morgan fingerprint density at radius 2 is 1.61 bits per heavy atom. The second kappa shape index (κ2) is 7.84. The normalized spacial score (nSPS) is 15.1. The van der Waals surface area contributed by atoms with Crippen LogP contribution in [0.15, 0.2) is 30.3 Å². The lowest BCUT2D eigenvalue weighted by Gasteiger charge is -2.50. The number of hydrogen-bond acceptors (Lipinski definition) is 2. The molecule has 2 atom stereocenters. The van der Waals surface area contributed by atoms with Gasteiger partial charge in [-0.2, -0.15) is 0 Å². The number of benzene rings is 1. The Morgan fingerprint density at radius 3 is 1.96 bits per heavy atom. The van der Waals surface area contributed by atoms with Gasteiger partial charge in [0.05, 0.1) is 5.92 Å². The molecular weight excluding hydrogens is 334 g/mol. The highest BCUT2D eigenvalue weighted by Crippen LogP contribution is 2.34. The van der Waals surface area contributed by atoms with Gasteiger partial charge in [-0.25, -0.2) is 0 Å². The van der Waals surface area contributed by atoms with Crippen LogP contribution in [-0.2, 0) is 4.79 Å². The predicted molar refractivity (Wildman–Crippen MR) is 109 cm³/mol. The van der Waals surface area contributed by atoms with Gasteiger partial charge in [-0.15, -0.1) is 25.0 Å². The molecule has 0 N–H and O–H groups in total. The van der Waals surface area contributed by atoms with Crippen LogP contribution in [0.25, 0.3) is 0 Å². The summed E-state index contributed by atoms with van der Waals surface area (Å²) in [5.74, 6) is 2.53. The summed E-state index contributed by atoms with van der Waals surface area (Å²) in [6, 6.07) is 9.95. The Balaban J connectivity index is 3.46. The first-order chi connectivity index (χ1) is 10.5. The minimum atomic E-state index is -1.65. The van der Waals surface area contributed by atoms with E-state index in [1.807, 2.05) is 30.3 Å². The first-order valence-electron chi connectivity index (χ1n) is 8.00. The van der Waals surface area contributed by atoms with E-state index in [4.69, 9.17) is 6.42 Å². The molecule has 1 aromatic rings. The van der Waals surface area contributed by atoms with Crippen LogP contribution in [0.3, 0.4) is 0 Å². The van der Waals surface area contributed by atoms with Crippen LogP contribution in [0.5, 0.6) is 0 Å². The molecule has 5 heteroatoms. The topological polar surface area (TPSA) is 20.3 Å². The molecule has 23 heavy (non-hydrogen) atoms. The van der Waals surface area contributed by atoms with Crippen molar-refractivity contribution >= 4 is 34.2 Å². The maximum Gasteiger partial charge on any atom is 0.194 e. The average molecular weight is 364 g/mol. The van der Waals surface area contributed by atoms with Crippen molar-refractivity contribution in [2.45, 2.75) is 57.7 Å². The second-order valence-electron chi connectivity index (χ2n) is 7.91. The Hall–Kier alpha value is -0.806. The maximum atomic E-state index is 12.4. The zero-order chi connectivity index (χ0) is 17.8. The molecule has 0 aliphatic carbocycles. The molecule has 0 fully saturated rings. The maximum absolute atomic E-state index is 12.4. The van der Waals surface area contributed by atoms with Gasteiger partial charge in [-0.1, -0.05) is 69.6 Å². The van der Waals surface area contributed by atoms with E-state index in [1.54, 1.807) is 0 Å². The molecule has 0 amide bonds. The van der Waals surface area contributed by atoms with Gasteiger partial charge in [-0.05, 0) is 5.56 Å². The van der Waals surface area contributed by atoms with Crippen molar-refractivity contribution in [3.63, 3.8) is 0 Å². The highest BCUT2D eigenvalue weighted by atomic mass is 32.1. The standard InChI is InChI=1S/C18H29NOSSi2/c1-8-12-16(19(22(2,3)4)23(5,6)7)17(18(20)21)15-13-10-9-11-14-15/h1,9-11,13-14,16-17H,12H2,2-7H3,(H,20,21). The van der Waals surface area contributed by atoms with Crippen LogP contribution in [0, 0.1) is 12.3 Å². The Kier molecular flexibility index (Phi) is 6.90. The van der Waals surface area contributed by atoms with Crippen molar-refractivity contribution in [1.29, 1.82) is 0 Å². The zero-order valence-corrected chi connectivity index (χ0v) is 18.0. The lowest BCUT2D eigenvalue weighted by Crippen LogP contribution is -2.64. The Morgan fingerprint density at radius 1 is 1.13 bits per heavy atom. The van der Waals surface area contributed by atoms with Gasteiger partial charge in [0, 0.05) is 12.5 Å². The monoisotopic (exact) mass is 363 g/mol. The minimum Gasteiger partial charge on any atom is -0.341 e. The fraction of sp³-hybridized carbons (Fsp3) is 0.500. The highest BCUT2D eigenvalue weighted by Gasteiger charge is 2.43. The summed E-state index contributed by atoms with van der Waals surface area (Å²) in [4.78, 5) is 12.4. The zero-order valence-electron chi connectivity index (χ0n) is 15.1. The van der Waals surface area contributed by atoms with E-state index in [0.717, 1.165) is 5.56 Å². The summed E-state index contributed by atoms with van der Waals surface area (Å²) in [5.41, 5.74) is 1.01. The van der Waals surface area contributed by atoms with Crippen molar-refractivity contribution in [3.8, 4) is 12.3 Å². The van der Waals surface area contributed by atoms with Gasteiger partial charge >= 0.3 is 0 Å². The lowest BCUT2D eigenvalue weighted by atomic mass is 9.91. The Labute approximate surface area is 149 Å². The molecule has 0 aromatic heterocycles. The quantitative estimate of drug-likeness (QED) is 0.434. The highest BCUT2D eigenvalue weighted by molar-refractivity contribution is 7.96. The van der Waals surface area contributed by atoms with E-state index < -0.39 is 16.5 Å². The lowest BCUT2D eigenvalue weighted by molar-refractivity contribution is -0.112. The molecule has 1 rings (SSSR count). The van der Waals surface area contributed by atoms with Crippen molar-refractivity contribution in [1.82, 2.24) is 4.23 Å². The number of carbonyl (C=O) groups is 1. The molecule has 0 aliphatic rings. The molecule has 0 spiro atoms. The first kappa shape index (κ1) is 20.2. The number of nitrogens with zero attached hydrogens (tertiary/aromatic N) is 1. The van der Waals surface area contributed by atoms with Gasteiger partial charge in [0.2, 0.25) is 0 Å². The summed E-state index contributed by atoms with van der Waals surface area (Å²) >= 11 is 4.22. The number of rotatable bonds is 7. The smallest absolute Gasteiger partial charge is 0.194 e. The molecule has 0 aliphatic heterocycles. The molecule has 126 valence electrons. The largest absolute Gasteiger partial charge is 0.341 e. The molecule has 0 radical (unpaired) electrons. The molecule has 0 saturated carbocycles. The van der Waals surface area contributed by atoms with E-state index in [1.165, 1.54) is 0 Å². The van der Waals surface area contributed by atoms with Gasteiger partial charge in [0.1, 0.15) is 16.5 Å². The first-order valence-corrected chi connectivity index (χ1v) is 15.3. The predicted octanol–water partition coefficient (Wildman–Crippen LogP) is 4.59. The SMILES string of the molecule is C#CCC(C(C(=O)S)c1ccccc1)N([Si](C)(C)C)[Si](C)(C)C. The van der Waals surface area contributed by atoms with Crippen LogP contribution in [0.1, 0.15) is 17.9 Å². The van der Waals surface area contributed by atoms with E-state index >= 15 is 0 Å². The summed E-state index contributed by atoms with van der Waals surface area (Å²) in [6.07, 6.45) is 6.26. The van der Waals surface area contributed by atoms with Crippen LogP contribution < -0.4 is 0 Å².